The fourth-order valence-electron chi connectivity index (χ4n) is 2.72. The van der Waals surface area contributed by atoms with Gasteiger partial charge in [-0.05, 0) is 26.2 Å². The number of nitrogens with zero attached hydrogens (tertiary/aromatic N) is 3. The van der Waals surface area contributed by atoms with E-state index < -0.39 is 10.0 Å². The summed E-state index contributed by atoms with van der Waals surface area (Å²) in [6, 6.07) is 0.655. The second-order valence-corrected chi connectivity index (χ2v) is 7.25. The van der Waals surface area contributed by atoms with E-state index in [1.165, 1.54) is 23.7 Å². The molecule has 1 unspecified atom stereocenters. The predicted octanol–water partition coefficient (Wildman–Crippen LogP) is 0.000200. The van der Waals surface area contributed by atoms with Crippen molar-refractivity contribution in [3.05, 3.63) is 6.20 Å². The number of hydrogen-bond donors (Lipinski definition) is 2. The number of anilines is 1. The van der Waals surface area contributed by atoms with E-state index >= 15 is 0 Å². The summed E-state index contributed by atoms with van der Waals surface area (Å²) in [7, 11) is -3.58. The van der Waals surface area contributed by atoms with Crippen molar-refractivity contribution in [1.82, 2.24) is 19.4 Å². The van der Waals surface area contributed by atoms with E-state index in [0.717, 1.165) is 19.5 Å². The van der Waals surface area contributed by atoms with Crippen LogP contribution < -0.4 is 10.5 Å². The molecule has 0 spiro atoms. The molecular weight excluding hydrogens is 278 g/mol. The van der Waals surface area contributed by atoms with Crippen LogP contribution in [0.15, 0.2) is 11.1 Å². The Morgan fingerprint density at radius 1 is 1.45 bits per heavy atom. The van der Waals surface area contributed by atoms with E-state index in [2.05, 4.69) is 14.7 Å². The summed E-state index contributed by atoms with van der Waals surface area (Å²) in [5, 5.41) is 3.99. The van der Waals surface area contributed by atoms with E-state index in [9.17, 15) is 8.42 Å². The van der Waals surface area contributed by atoms with Crippen LogP contribution in [0.5, 0.6) is 0 Å². The maximum atomic E-state index is 12.4. The number of aryl methyl sites for hydroxylation is 1. The average molecular weight is 299 g/mol. The third kappa shape index (κ3) is 2.68. The molecule has 0 amide bonds. The molecule has 1 aliphatic carbocycles. The van der Waals surface area contributed by atoms with Gasteiger partial charge in [-0.3, -0.25) is 9.58 Å². The van der Waals surface area contributed by atoms with Crippen LogP contribution in [0.3, 0.4) is 0 Å². The molecule has 20 heavy (non-hydrogen) atoms. The highest BCUT2D eigenvalue weighted by Crippen LogP contribution is 2.30. The molecule has 1 saturated heterocycles. The predicted molar refractivity (Wildman–Crippen MR) is 75.6 cm³/mol. The van der Waals surface area contributed by atoms with Crippen molar-refractivity contribution in [2.45, 2.75) is 49.7 Å². The van der Waals surface area contributed by atoms with E-state index in [4.69, 9.17) is 5.73 Å². The van der Waals surface area contributed by atoms with Crippen molar-refractivity contribution in [1.29, 1.82) is 0 Å². The summed E-state index contributed by atoms with van der Waals surface area (Å²) < 4.78 is 29.0. The number of nitrogen functional groups attached to an aromatic ring is 1. The van der Waals surface area contributed by atoms with E-state index in [1.54, 1.807) is 0 Å². The van der Waals surface area contributed by atoms with Crippen LogP contribution in [-0.4, -0.2) is 48.3 Å². The highest BCUT2D eigenvalue weighted by atomic mass is 32.2. The largest absolute Gasteiger partial charge is 0.381 e. The van der Waals surface area contributed by atoms with Gasteiger partial charge in [0.05, 0.1) is 0 Å². The number of hydrogen-bond acceptors (Lipinski definition) is 5. The SMILES string of the molecule is CCn1cc(S(=O)(=O)NC2CCN(C3CC3)C2)c(N)n1. The summed E-state index contributed by atoms with van der Waals surface area (Å²) in [6.45, 7) is 4.26. The van der Waals surface area contributed by atoms with Crippen LogP contribution in [-0.2, 0) is 16.6 Å². The van der Waals surface area contributed by atoms with Crippen LogP contribution in [0.2, 0.25) is 0 Å². The maximum Gasteiger partial charge on any atom is 0.246 e. The van der Waals surface area contributed by atoms with Crippen LogP contribution in [0.25, 0.3) is 0 Å². The number of sulfonamides is 1. The van der Waals surface area contributed by atoms with Crippen molar-refractivity contribution >= 4 is 15.8 Å². The highest BCUT2D eigenvalue weighted by Gasteiger charge is 2.36. The quantitative estimate of drug-likeness (QED) is 0.798. The van der Waals surface area contributed by atoms with Gasteiger partial charge in [0.1, 0.15) is 4.90 Å². The van der Waals surface area contributed by atoms with Gasteiger partial charge in [-0.1, -0.05) is 0 Å². The summed E-state index contributed by atoms with van der Waals surface area (Å²) in [6.07, 6.45) is 4.84. The fraction of sp³-hybridized carbons (Fsp3) is 0.750. The molecule has 1 aromatic heterocycles. The summed E-state index contributed by atoms with van der Waals surface area (Å²) in [5.41, 5.74) is 5.70. The molecule has 7 nitrogen and oxygen atoms in total. The average Bonchev–Trinajstić information content (AvgIpc) is 3.02. The molecular formula is C12H21N5O2S. The first kappa shape index (κ1) is 13.8. The van der Waals surface area contributed by atoms with Gasteiger partial charge in [0.2, 0.25) is 10.0 Å². The Hall–Kier alpha value is -1.12. The Balaban J connectivity index is 1.70. The van der Waals surface area contributed by atoms with Crippen LogP contribution in [0, 0.1) is 0 Å². The van der Waals surface area contributed by atoms with E-state index in [-0.39, 0.29) is 16.8 Å². The third-order valence-electron chi connectivity index (χ3n) is 3.97. The number of aromatic nitrogens is 2. The smallest absolute Gasteiger partial charge is 0.246 e. The van der Waals surface area contributed by atoms with Gasteiger partial charge in [0.25, 0.3) is 0 Å². The van der Waals surface area contributed by atoms with Crippen LogP contribution in [0.1, 0.15) is 26.2 Å². The molecule has 3 rings (SSSR count). The number of likely N-dealkylation sites (tertiary alicyclic amines) is 1. The molecule has 2 fully saturated rings. The zero-order chi connectivity index (χ0) is 14.3. The van der Waals surface area contributed by atoms with Gasteiger partial charge in [-0.2, -0.15) is 5.10 Å². The molecule has 2 aliphatic rings. The topological polar surface area (TPSA) is 93.2 Å². The normalized spacial score (nSPS) is 24.4. The molecule has 1 saturated carbocycles. The minimum atomic E-state index is -3.58. The summed E-state index contributed by atoms with van der Waals surface area (Å²) in [4.78, 5) is 2.45. The van der Waals surface area contributed by atoms with Gasteiger partial charge in [0, 0.05) is 37.9 Å². The lowest BCUT2D eigenvalue weighted by atomic mass is 10.3. The van der Waals surface area contributed by atoms with E-state index in [1.807, 2.05) is 6.92 Å². The summed E-state index contributed by atoms with van der Waals surface area (Å²) >= 11 is 0. The van der Waals surface area contributed by atoms with Gasteiger partial charge >= 0.3 is 0 Å². The van der Waals surface area contributed by atoms with Crippen molar-refractivity contribution in [2.75, 3.05) is 18.8 Å². The molecule has 112 valence electrons. The number of nitrogens with two attached hydrogens (primary N) is 1. The Kier molecular flexibility index (Phi) is 3.47. The Morgan fingerprint density at radius 3 is 2.80 bits per heavy atom. The van der Waals surface area contributed by atoms with Crippen molar-refractivity contribution in [3.63, 3.8) is 0 Å². The number of rotatable bonds is 5. The lowest BCUT2D eigenvalue weighted by molar-refractivity contribution is 0.322. The highest BCUT2D eigenvalue weighted by molar-refractivity contribution is 7.89. The molecule has 1 atom stereocenters. The minimum Gasteiger partial charge on any atom is -0.381 e. The Morgan fingerprint density at radius 2 is 2.20 bits per heavy atom. The zero-order valence-corrected chi connectivity index (χ0v) is 12.4. The molecule has 1 aromatic rings. The van der Waals surface area contributed by atoms with Crippen LogP contribution >= 0.6 is 0 Å². The second-order valence-electron chi connectivity index (χ2n) is 5.57. The summed E-state index contributed by atoms with van der Waals surface area (Å²) in [5.74, 6) is 0.0661. The third-order valence-corrected chi connectivity index (χ3v) is 5.51. The fourth-order valence-corrected chi connectivity index (χ4v) is 4.06. The molecule has 0 bridgehead atoms. The first-order chi connectivity index (χ1) is 9.49. The molecule has 2 heterocycles. The van der Waals surface area contributed by atoms with Crippen molar-refractivity contribution in [3.8, 4) is 0 Å². The van der Waals surface area contributed by atoms with Gasteiger partial charge < -0.3 is 5.73 Å². The Bertz CT molecular complexity index is 593. The molecule has 3 N–H and O–H groups in total. The van der Waals surface area contributed by atoms with Gasteiger partial charge in [-0.25, -0.2) is 13.1 Å². The van der Waals surface area contributed by atoms with Crippen molar-refractivity contribution < 1.29 is 8.42 Å². The standard InChI is InChI=1S/C12H21N5O2S/c1-2-17-8-11(12(13)14-17)20(18,19)15-9-5-6-16(7-9)10-3-4-10/h8-10,15H,2-7H2,1H3,(H2,13,14). The second kappa shape index (κ2) is 5.01. The Labute approximate surface area is 119 Å². The van der Waals surface area contributed by atoms with E-state index in [0.29, 0.717) is 12.6 Å². The van der Waals surface area contributed by atoms with Crippen LogP contribution in [0.4, 0.5) is 5.82 Å². The first-order valence-corrected chi connectivity index (χ1v) is 8.57. The maximum absolute atomic E-state index is 12.4. The minimum absolute atomic E-state index is 0.0232. The van der Waals surface area contributed by atoms with Gasteiger partial charge in [-0.15, -0.1) is 0 Å². The number of nitrogens with one attached hydrogen (secondary N) is 1. The monoisotopic (exact) mass is 299 g/mol. The lowest BCUT2D eigenvalue weighted by Crippen LogP contribution is -2.37. The zero-order valence-electron chi connectivity index (χ0n) is 11.6. The molecule has 0 aromatic carbocycles. The lowest BCUT2D eigenvalue weighted by Gasteiger charge is -2.15. The molecule has 1 aliphatic heterocycles. The van der Waals surface area contributed by atoms with Crippen molar-refractivity contribution in [2.24, 2.45) is 0 Å². The molecule has 0 radical (unpaired) electrons. The van der Waals surface area contributed by atoms with Gasteiger partial charge in [0.15, 0.2) is 5.82 Å². The molecule has 8 heteroatoms. The first-order valence-electron chi connectivity index (χ1n) is 7.09.